The maximum absolute atomic E-state index is 9.26. The molecule has 0 unspecified atom stereocenters. The molecular formula is C14H19NO3. The zero-order valence-electron chi connectivity index (χ0n) is 11.1. The van der Waals surface area contributed by atoms with E-state index in [1.54, 1.807) is 25.3 Å². The molecule has 98 valence electrons. The highest BCUT2D eigenvalue weighted by molar-refractivity contribution is 5.46. The lowest BCUT2D eigenvalue weighted by Gasteiger charge is -2.18. The van der Waals surface area contributed by atoms with Gasteiger partial charge in [0.15, 0.2) is 11.5 Å². The topological polar surface area (TPSA) is 62.5 Å². The highest BCUT2D eigenvalue weighted by atomic mass is 16.5. The second-order valence-electron chi connectivity index (χ2n) is 4.70. The number of ether oxygens (including phenoxy) is 2. The number of rotatable bonds is 6. The number of aliphatic hydroxyl groups is 1. The van der Waals surface area contributed by atoms with E-state index in [2.05, 4.69) is 6.07 Å². The molecule has 0 aliphatic rings. The normalized spacial score (nSPS) is 10.8. The van der Waals surface area contributed by atoms with Gasteiger partial charge in [0.25, 0.3) is 0 Å². The molecule has 18 heavy (non-hydrogen) atoms. The molecule has 4 nitrogen and oxygen atoms in total. The third-order valence-electron chi connectivity index (χ3n) is 2.73. The number of nitriles is 1. The summed E-state index contributed by atoms with van der Waals surface area (Å²) in [6.45, 7) is 4.04. The van der Waals surface area contributed by atoms with Crippen molar-refractivity contribution < 1.29 is 14.6 Å². The molecule has 1 aromatic rings. The predicted octanol–water partition coefficient (Wildman–Crippen LogP) is 2.51. The Bertz CT molecular complexity index is 413. The van der Waals surface area contributed by atoms with Crippen molar-refractivity contribution >= 4 is 0 Å². The molecule has 0 heterocycles. The maximum atomic E-state index is 9.26. The number of hydrogen-bond acceptors (Lipinski definition) is 4. The van der Waals surface area contributed by atoms with Crippen LogP contribution in [-0.4, -0.2) is 18.8 Å². The fourth-order valence-electron chi connectivity index (χ4n) is 1.47. The van der Waals surface area contributed by atoms with Gasteiger partial charge in [-0.05, 0) is 26.3 Å². The Morgan fingerprint density at radius 3 is 2.67 bits per heavy atom. The van der Waals surface area contributed by atoms with Crippen molar-refractivity contribution in [3.05, 3.63) is 23.8 Å². The van der Waals surface area contributed by atoms with Gasteiger partial charge >= 0.3 is 0 Å². The quantitative estimate of drug-likeness (QED) is 0.841. The van der Waals surface area contributed by atoms with Crippen LogP contribution in [0.25, 0.3) is 0 Å². The van der Waals surface area contributed by atoms with E-state index in [1.165, 1.54) is 0 Å². The first-order valence-corrected chi connectivity index (χ1v) is 5.85. The van der Waals surface area contributed by atoms with Crippen LogP contribution in [0.4, 0.5) is 0 Å². The summed E-state index contributed by atoms with van der Waals surface area (Å²) in [5.41, 5.74) is 0.269. The van der Waals surface area contributed by atoms with Crippen LogP contribution in [0.5, 0.6) is 11.5 Å². The minimum atomic E-state index is -0.415. The molecule has 0 saturated heterocycles. The summed E-state index contributed by atoms with van der Waals surface area (Å²) in [6.07, 6.45) is 0.617. The lowest BCUT2D eigenvalue weighted by molar-refractivity contribution is 0.234. The van der Waals surface area contributed by atoms with E-state index in [9.17, 15) is 5.11 Å². The van der Waals surface area contributed by atoms with Crippen molar-refractivity contribution in [1.29, 1.82) is 5.26 Å². The van der Waals surface area contributed by atoms with Gasteiger partial charge in [-0.25, -0.2) is 0 Å². The summed E-state index contributed by atoms with van der Waals surface area (Å²) >= 11 is 0. The van der Waals surface area contributed by atoms with Crippen molar-refractivity contribution in [1.82, 2.24) is 0 Å². The maximum Gasteiger partial charge on any atom is 0.166 e. The van der Waals surface area contributed by atoms with E-state index >= 15 is 0 Å². The standard InChI is InChI=1S/C14H19NO3/c1-14(2,10-15)7-8-18-13-11(9-16)5-4-6-12(13)17-3/h4-6,16H,7-9H2,1-3H3. The fraction of sp³-hybridized carbons (Fsp3) is 0.500. The largest absolute Gasteiger partial charge is 0.493 e. The number of nitrogens with zero attached hydrogens (tertiary/aromatic N) is 1. The summed E-state index contributed by atoms with van der Waals surface area (Å²) in [7, 11) is 1.56. The molecule has 0 spiro atoms. The average molecular weight is 249 g/mol. The van der Waals surface area contributed by atoms with Crippen LogP contribution in [-0.2, 0) is 6.61 Å². The van der Waals surface area contributed by atoms with E-state index in [-0.39, 0.29) is 6.61 Å². The molecule has 0 aliphatic carbocycles. The fourth-order valence-corrected chi connectivity index (χ4v) is 1.47. The minimum absolute atomic E-state index is 0.103. The molecule has 0 fully saturated rings. The molecule has 0 saturated carbocycles. The molecular weight excluding hydrogens is 230 g/mol. The lowest BCUT2D eigenvalue weighted by Crippen LogP contribution is -2.14. The second-order valence-corrected chi connectivity index (χ2v) is 4.70. The molecule has 1 rings (SSSR count). The van der Waals surface area contributed by atoms with E-state index in [1.807, 2.05) is 13.8 Å². The summed E-state index contributed by atoms with van der Waals surface area (Å²) in [5.74, 6) is 1.15. The Morgan fingerprint density at radius 1 is 1.39 bits per heavy atom. The van der Waals surface area contributed by atoms with Crippen LogP contribution in [0.2, 0.25) is 0 Å². The zero-order valence-corrected chi connectivity index (χ0v) is 11.1. The molecule has 4 heteroatoms. The Hall–Kier alpha value is -1.73. The first-order chi connectivity index (χ1) is 8.54. The molecule has 0 aromatic heterocycles. The number of methoxy groups -OCH3 is 1. The van der Waals surface area contributed by atoms with Gasteiger partial charge in [-0.15, -0.1) is 0 Å². The van der Waals surface area contributed by atoms with E-state index in [0.717, 1.165) is 0 Å². The van der Waals surface area contributed by atoms with Crippen molar-refractivity contribution in [3.63, 3.8) is 0 Å². The number of hydrogen-bond donors (Lipinski definition) is 1. The first kappa shape index (κ1) is 14.3. The molecule has 1 N–H and O–H groups in total. The van der Waals surface area contributed by atoms with Gasteiger partial charge in [0.05, 0.1) is 31.8 Å². The molecule has 0 atom stereocenters. The smallest absolute Gasteiger partial charge is 0.166 e. The van der Waals surface area contributed by atoms with Gasteiger partial charge in [-0.3, -0.25) is 0 Å². The molecule has 0 aliphatic heterocycles. The molecule has 0 bridgehead atoms. The molecule has 0 amide bonds. The van der Waals surface area contributed by atoms with E-state index in [4.69, 9.17) is 14.7 Å². The number of aliphatic hydroxyl groups excluding tert-OH is 1. The average Bonchev–Trinajstić information content (AvgIpc) is 2.38. The van der Waals surface area contributed by atoms with Gasteiger partial charge in [-0.2, -0.15) is 5.26 Å². The zero-order chi connectivity index (χ0) is 13.6. The Kier molecular flexibility index (Phi) is 4.99. The van der Waals surface area contributed by atoms with Gasteiger partial charge in [0, 0.05) is 5.56 Å². The minimum Gasteiger partial charge on any atom is -0.493 e. The Balaban J connectivity index is 2.75. The van der Waals surface area contributed by atoms with Crippen molar-refractivity contribution in [2.75, 3.05) is 13.7 Å². The van der Waals surface area contributed by atoms with Crippen molar-refractivity contribution in [3.8, 4) is 17.6 Å². The molecule has 1 aromatic carbocycles. The van der Waals surface area contributed by atoms with Gasteiger partial charge in [-0.1, -0.05) is 12.1 Å². The highest BCUT2D eigenvalue weighted by Crippen LogP contribution is 2.31. The molecule has 0 radical (unpaired) electrons. The van der Waals surface area contributed by atoms with Crippen molar-refractivity contribution in [2.45, 2.75) is 26.9 Å². The SMILES string of the molecule is COc1cccc(CO)c1OCCC(C)(C)C#N. The Labute approximate surface area is 108 Å². The summed E-state index contributed by atoms with van der Waals surface area (Å²) in [5, 5.41) is 18.2. The summed E-state index contributed by atoms with van der Waals surface area (Å²) < 4.78 is 10.8. The van der Waals surface area contributed by atoms with Crippen molar-refractivity contribution in [2.24, 2.45) is 5.41 Å². The van der Waals surface area contributed by atoms with Crippen LogP contribution >= 0.6 is 0 Å². The monoisotopic (exact) mass is 249 g/mol. The van der Waals surface area contributed by atoms with Crippen LogP contribution < -0.4 is 9.47 Å². The number of para-hydroxylation sites is 1. The van der Waals surface area contributed by atoms with Gasteiger partial charge in [0.1, 0.15) is 0 Å². The second kappa shape index (κ2) is 6.27. The van der Waals surface area contributed by atoms with Gasteiger partial charge < -0.3 is 14.6 Å². The lowest BCUT2D eigenvalue weighted by atomic mass is 9.92. The predicted molar refractivity (Wildman–Crippen MR) is 68.4 cm³/mol. The van der Waals surface area contributed by atoms with Crippen LogP contribution in [0.1, 0.15) is 25.8 Å². The third-order valence-corrected chi connectivity index (χ3v) is 2.73. The third kappa shape index (κ3) is 3.64. The number of benzene rings is 1. The van der Waals surface area contributed by atoms with Crippen LogP contribution in [0.15, 0.2) is 18.2 Å². The van der Waals surface area contributed by atoms with E-state index in [0.29, 0.717) is 30.1 Å². The summed E-state index contributed by atoms with van der Waals surface area (Å²) in [4.78, 5) is 0. The highest BCUT2D eigenvalue weighted by Gasteiger charge is 2.17. The Morgan fingerprint density at radius 2 is 2.11 bits per heavy atom. The van der Waals surface area contributed by atoms with E-state index < -0.39 is 5.41 Å². The van der Waals surface area contributed by atoms with Gasteiger partial charge in [0.2, 0.25) is 0 Å². The van der Waals surface area contributed by atoms with Crippen LogP contribution in [0.3, 0.4) is 0 Å². The first-order valence-electron chi connectivity index (χ1n) is 5.85. The van der Waals surface area contributed by atoms with Crippen LogP contribution in [0, 0.1) is 16.7 Å². The summed E-state index contributed by atoms with van der Waals surface area (Å²) in [6, 6.07) is 7.59.